The van der Waals surface area contributed by atoms with Gasteiger partial charge < -0.3 is 19.5 Å². The topological polar surface area (TPSA) is 76.1 Å². The lowest BCUT2D eigenvalue weighted by Crippen LogP contribution is -2.41. The van der Waals surface area contributed by atoms with Crippen LogP contribution in [0, 0.1) is 0 Å². The molecule has 0 fully saturated rings. The molecule has 0 aromatic heterocycles. The number of amides is 1. The van der Waals surface area contributed by atoms with Crippen LogP contribution in [0.1, 0.15) is 6.92 Å². The summed E-state index contributed by atoms with van der Waals surface area (Å²) in [6, 6.07) is -0.899. The summed E-state index contributed by atoms with van der Waals surface area (Å²) in [6.45, 7) is 2.12. The maximum absolute atomic E-state index is 11.6. The number of carbonyl (C=O) groups is 2. The van der Waals surface area contributed by atoms with E-state index in [9.17, 15) is 9.59 Å². The average molecular weight is 215 g/mol. The van der Waals surface area contributed by atoms with Crippen LogP contribution < -0.4 is 0 Å². The number of ether oxygens (including phenoxy) is 2. The molecule has 1 rings (SSSR count). The van der Waals surface area contributed by atoms with Crippen molar-refractivity contribution in [3.05, 3.63) is 12.0 Å². The van der Waals surface area contributed by atoms with E-state index in [-0.39, 0.29) is 5.76 Å². The Balaban J connectivity index is 2.67. The predicted octanol–water partition coefficient (Wildman–Crippen LogP) is -0.194. The largest absolute Gasteiger partial charge is 0.494 e. The number of hydrogen-bond acceptors (Lipinski definition) is 4. The molecule has 1 aliphatic rings. The van der Waals surface area contributed by atoms with Crippen LogP contribution in [0.15, 0.2) is 12.0 Å². The number of rotatable bonds is 3. The van der Waals surface area contributed by atoms with Crippen LogP contribution >= 0.6 is 0 Å². The van der Waals surface area contributed by atoms with Gasteiger partial charge in [0.25, 0.3) is 5.91 Å². The molecule has 0 aromatic rings. The van der Waals surface area contributed by atoms with Gasteiger partial charge in [-0.25, -0.2) is 4.79 Å². The molecule has 0 bridgehead atoms. The van der Waals surface area contributed by atoms with Crippen molar-refractivity contribution in [2.24, 2.45) is 0 Å². The van der Waals surface area contributed by atoms with Crippen molar-refractivity contribution in [3.8, 4) is 0 Å². The number of carboxylic acids is 1. The lowest BCUT2D eigenvalue weighted by molar-refractivity contribution is -0.148. The first-order valence-electron chi connectivity index (χ1n) is 4.48. The minimum Gasteiger partial charge on any atom is -0.494 e. The highest BCUT2D eigenvalue weighted by atomic mass is 16.6. The highest BCUT2D eigenvalue weighted by Crippen LogP contribution is 2.09. The maximum atomic E-state index is 11.6. The summed E-state index contributed by atoms with van der Waals surface area (Å²) in [5, 5.41) is 8.71. The van der Waals surface area contributed by atoms with Crippen molar-refractivity contribution in [2.75, 3.05) is 20.3 Å². The van der Waals surface area contributed by atoms with Gasteiger partial charge >= 0.3 is 5.97 Å². The van der Waals surface area contributed by atoms with E-state index >= 15 is 0 Å². The van der Waals surface area contributed by atoms with Crippen LogP contribution in [0.5, 0.6) is 0 Å². The van der Waals surface area contributed by atoms with Gasteiger partial charge in [-0.1, -0.05) is 0 Å². The molecular formula is C9H13NO5. The Morgan fingerprint density at radius 2 is 2.20 bits per heavy atom. The van der Waals surface area contributed by atoms with Crippen molar-refractivity contribution in [3.63, 3.8) is 0 Å². The smallest absolute Gasteiger partial charge is 0.326 e. The fraction of sp³-hybridized carbons (Fsp3) is 0.556. The zero-order valence-electron chi connectivity index (χ0n) is 8.60. The normalized spacial score (nSPS) is 16.8. The van der Waals surface area contributed by atoms with E-state index in [0.717, 1.165) is 4.90 Å². The number of nitrogens with zero attached hydrogens (tertiary/aromatic N) is 1. The summed E-state index contributed by atoms with van der Waals surface area (Å²) in [7, 11) is 1.40. The molecule has 0 aromatic carbocycles. The minimum absolute atomic E-state index is 0.0388. The number of likely N-dealkylation sites (N-methyl/N-ethyl adjacent to an activating group) is 1. The minimum atomic E-state index is -1.07. The second-order valence-corrected chi connectivity index (χ2v) is 3.13. The molecule has 1 atom stereocenters. The molecule has 84 valence electrons. The fourth-order valence-corrected chi connectivity index (χ4v) is 0.996. The molecule has 6 nitrogen and oxygen atoms in total. The van der Waals surface area contributed by atoms with E-state index < -0.39 is 17.9 Å². The van der Waals surface area contributed by atoms with Gasteiger partial charge in [0.15, 0.2) is 0 Å². The van der Waals surface area contributed by atoms with Gasteiger partial charge in [0.1, 0.15) is 25.5 Å². The maximum Gasteiger partial charge on any atom is 0.326 e. The van der Waals surface area contributed by atoms with Crippen molar-refractivity contribution >= 4 is 11.9 Å². The number of carboxylic acid groups (broad SMARTS) is 1. The van der Waals surface area contributed by atoms with Crippen LogP contribution in [0.2, 0.25) is 0 Å². The van der Waals surface area contributed by atoms with Gasteiger partial charge in [0.05, 0.1) is 0 Å². The lowest BCUT2D eigenvalue weighted by atomic mass is 10.3. The summed E-state index contributed by atoms with van der Waals surface area (Å²) < 4.78 is 9.95. The number of aliphatic carboxylic acids is 1. The van der Waals surface area contributed by atoms with Gasteiger partial charge in [-0.2, -0.15) is 0 Å². The van der Waals surface area contributed by atoms with Crippen LogP contribution in [-0.2, 0) is 19.1 Å². The molecular weight excluding hydrogens is 202 g/mol. The van der Waals surface area contributed by atoms with Gasteiger partial charge in [0.2, 0.25) is 5.76 Å². The Kier molecular flexibility index (Phi) is 3.54. The van der Waals surface area contributed by atoms with Crippen molar-refractivity contribution < 1.29 is 24.2 Å². The number of hydrogen-bond donors (Lipinski definition) is 1. The second kappa shape index (κ2) is 4.68. The van der Waals surface area contributed by atoms with Crippen LogP contribution in [0.4, 0.5) is 0 Å². The quantitative estimate of drug-likeness (QED) is 0.706. The van der Waals surface area contributed by atoms with Gasteiger partial charge in [-0.15, -0.1) is 0 Å². The third kappa shape index (κ3) is 2.61. The van der Waals surface area contributed by atoms with E-state index in [1.807, 2.05) is 0 Å². The molecule has 1 N–H and O–H groups in total. The third-order valence-electron chi connectivity index (χ3n) is 2.12. The standard InChI is InChI=1S/C9H13NO5/c1-6(9(12)13)10(2)8(11)7-5-14-3-4-15-7/h5-6H,3-4H2,1-2H3,(H,12,13). The first kappa shape index (κ1) is 11.4. The molecule has 0 spiro atoms. The van der Waals surface area contributed by atoms with Crippen molar-refractivity contribution in [1.29, 1.82) is 0 Å². The first-order valence-corrected chi connectivity index (χ1v) is 4.48. The summed E-state index contributed by atoms with van der Waals surface area (Å²) in [6.07, 6.45) is 1.21. The van der Waals surface area contributed by atoms with E-state index in [0.29, 0.717) is 13.2 Å². The highest BCUT2D eigenvalue weighted by molar-refractivity contribution is 5.93. The van der Waals surface area contributed by atoms with Gasteiger partial charge in [0, 0.05) is 7.05 Å². The van der Waals surface area contributed by atoms with Gasteiger partial charge in [-0.05, 0) is 6.92 Å². The summed E-state index contributed by atoms with van der Waals surface area (Å²) in [5.41, 5.74) is 0. The molecule has 0 aliphatic carbocycles. The monoisotopic (exact) mass is 215 g/mol. The Bertz CT molecular complexity index is 299. The predicted molar refractivity (Wildman–Crippen MR) is 49.9 cm³/mol. The molecule has 1 heterocycles. The zero-order valence-corrected chi connectivity index (χ0v) is 8.60. The Morgan fingerprint density at radius 3 is 2.67 bits per heavy atom. The van der Waals surface area contributed by atoms with E-state index in [1.165, 1.54) is 20.2 Å². The Labute approximate surface area is 87.1 Å². The van der Waals surface area contributed by atoms with E-state index in [2.05, 4.69) is 0 Å². The number of carbonyl (C=O) groups excluding carboxylic acids is 1. The first-order chi connectivity index (χ1) is 7.04. The summed E-state index contributed by atoms with van der Waals surface area (Å²) in [5.74, 6) is -1.52. The molecule has 0 radical (unpaired) electrons. The molecule has 1 aliphatic heterocycles. The molecule has 1 unspecified atom stereocenters. The summed E-state index contributed by atoms with van der Waals surface area (Å²) in [4.78, 5) is 23.4. The van der Waals surface area contributed by atoms with Crippen LogP contribution in [0.25, 0.3) is 0 Å². The van der Waals surface area contributed by atoms with Crippen LogP contribution in [-0.4, -0.2) is 48.2 Å². The van der Waals surface area contributed by atoms with E-state index in [4.69, 9.17) is 14.6 Å². The molecule has 6 heteroatoms. The second-order valence-electron chi connectivity index (χ2n) is 3.13. The van der Waals surface area contributed by atoms with Crippen molar-refractivity contribution in [2.45, 2.75) is 13.0 Å². The molecule has 15 heavy (non-hydrogen) atoms. The molecule has 0 saturated carbocycles. The van der Waals surface area contributed by atoms with Gasteiger partial charge in [-0.3, -0.25) is 4.79 Å². The average Bonchev–Trinajstić information content (AvgIpc) is 2.27. The Hall–Kier alpha value is -1.72. The molecule has 0 saturated heterocycles. The SMILES string of the molecule is CC(C(=O)O)N(C)C(=O)C1=COCCO1. The van der Waals surface area contributed by atoms with Crippen molar-refractivity contribution in [1.82, 2.24) is 4.90 Å². The Morgan fingerprint density at radius 1 is 1.53 bits per heavy atom. The highest BCUT2D eigenvalue weighted by Gasteiger charge is 2.26. The lowest BCUT2D eigenvalue weighted by Gasteiger charge is -2.23. The van der Waals surface area contributed by atoms with Crippen LogP contribution in [0.3, 0.4) is 0 Å². The zero-order chi connectivity index (χ0) is 11.4. The fourth-order valence-electron chi connectivity index (χ4n) is 0.996. The summed E-state index contributed by atoms with van der Waals surface area (Å²) >= 11 is 0. The van der Waals surface area contributed by atoms with E-state index in [1.54, 1.807) is 0 Å². The molecule has 1 amide bonds. The third-order valence-corrected chi connectivity index (χ3v) is 2.12.